The Kier molecular flexibility index (Phi) is 8.74. The molecule has 1 unspecified atom stereocenters. The molecule has 7 heteroatoms. The number of amides is 2. The van der Waals surface area contributed by atoms with Gasteiger partial charge in [0.2, 0.25) is 11.8 Å². The minimum atomic E-state index is -1.27. The Balaban J connectivity index is 1.57. The second-order valence-electron chi connectivity index (χ2n) is 9.74. The molecular formula is C28H37N3O3S. The first-order chi connectivity index (χ1) is 17.0. The summed E-state index contributed by atoms with van der Waals surface area (Å²) in [4.78, 5) is 30.2. The number of rotatable bonds is 8. The summed E-state index contributed by atoms with van der Waals surface area (Å²) >= 11 is 0. The Hall–Kier alpha value is -2.51. The van der Waals surface area contributed by atoms with E-state index in [0.29, 0.717) is 6.54 Å². The SMILES string of the molecule is CN[C@@H](C)C(=O)N[C@H](C(=O)N1CCC[C@H]1c1cccc(S(=O)c2ccccc2)c1)C1CCCCC1. The lowest BCUT2D eigenvalue weighted by Gasteiger charge is -2.35. The highest BCUT2D eigenvalue weighted by Gasteiger charge is 2.39. The summed E-state index contributed by atoms with van der Waals surface area (Å²) in [5.74, 6) is 0.0560. The molecule has 2 N–H and O–H groups in total. The number of nitrogens with zero attached hydrogens (tertiary/aromatic N) is 1. The monoisotopic (exact) mass is 495 g/mol. The van der Waals surface area contributed by atoms with Crippen molar-refractivity contribution in [1.82, 2.24) is 15.5 Å². The molecule has 6 nitrogen and oxygen atoms in total. The normalized spacial score (nSPS) is 21.3. The van der Waals surface area contributed by atoms with E-state index in [1.807, 2.05) is 66.4 Å². The van der Waals surface area contributed by atoms with Gasteiger partial charge in [-0.1, -0.05) is 49.6 Å². The van der Waals surface area contributed by atoms with Crippen molar-refractivity contribution in [2.24, 2.45) is 5.92 Å². The summed E-state index contributed by atoms with van der Waals surface area (Å²) in [5, 5.41) is 6.08. The Morgan fingerprint density at radius 3 is 2.37 bits per heavy atom. The molecule has 1 aliphatic heterocycles. The van der Waals surface area contributed by atoms with Gasteiger partial charge in [-0.3, -0.25) is 9.59 Å². The van der Waals surface area contributed by atoms with Gasteiger partial charge in [-0.15, -0.1) is 0 Å². The second kappa shape index (κ2) is 12.0. The van der Waals surface area contributed by atoms with Gasteiger partial charge in [-0.25, -0.2) is 4.21 Å². The number of likely N-dealkylation sites (N-methyl/N-ethyl adjacent to an activating group) is 1. The fourth-order valence-corrected chi connectivity index (χ4v) is 6.45. The number of hydrogen-bond donors (Lipinski definition) is 2. The van der Waals surface area contributed by atoms with E-state index in [0.717, 1.165) is 53.9 Å². The molecule has 4 atom stereocenters. The summed E-state index contributed by atoms with van der Waals surface area (Å²) in [5.41, 5.74) is 1.01. The van der Waals surface area contributed by atoms with Crippen LogP contribution in [0.15, 0.2) is 64.4 Å². The number of nitrogens with one attached hydrogen (secondary N) is 2. The van der Waals surface area contributed by atoms with Crippen molar-refractivity contribution in [3.8, 4) is 0 Å². The van der Waals surface area contributed by atoms with Crippen LogP contribution < -0.4 is 10.6 Å². The van der Waals surface area contributed by atoms with E-state index in [1.165, 1.54) is 6.42 Å². The zero-order valence-electron chi connectivity index (χ0n) is 20.7. The third kappa shape index (κ3) is 6.01. The van der Waals surface area contributed by atoms with E-state index in [4.69, 9.17) is 0 Å². The maximum atomic E-state index is 13.9. The Morgan fingerprint density at radius 2 is 1.66 bits per heavy atom. The van der Waals surface area contributed by atoms with Crippen LogP contribution in [0.2, 0.25) is 0 Å². The van der Waals surface area contributed by atoms with Gasteiger partial charge in [-0.2, -0.15) is 0 Å². The average Bonchev–Trinajstić information content (AvgIpc) is 3.41. The molecule has 0 bridgehead atoms. The first-order valence-electron chi connectivity index (χ1n) is 12.8. The number of likely N-dealkylation sites (tertiary alicyclic amines) is 1. The lowest BCUT2D eigenvalue weighted by atomic mass is 9.83. The van der Waals surface area contributed by atoms with E-state index in [2.05, 4.69) is 10.6 Å². The molecule has 4 rings (SSSR count). The Morgan fingerprint density at radius 1 is 0.943 bits per heavy atom. The number of benzene rings is 2. The fourth-order valence-electron chi connectivity index (χ4n) is 5.33. The highest BCUT2D eigenvalue weighted by molar-refractivity contribution is 7.85. The summed E-state index contributed by atoms with van der Waals surface area (Å²) in [6, 6.07) is 16.4. The highest BCUT2D eigenvalue weighted by atomic mass is 32.2. The van der Waals surface area contributed by atoms with Crippen LogP contribution in [0.1, 0.15) is 63.5 Å². The van der Waals surface area contributed by atoms with Crippen LogP contribution in [-0.2, 0) is 20.4 Å². The van der Waals surface area contributed by atoms with E-state index < -0.39 is 16.8 Å². The maximum absolute atomic E-state index is 13.9. The van der Waals surface area contributed by atoms with Gasteiger partial charge in [0, 0.05) is 16.3 Å². The van der Waals surface area contributed by atoms with Crippen molar-refractivity contribution in [1.29, 1.82) is 0 Å². The molecule has 188 valence electrons. The van der Waals surface area contributed by atoms with Gasteiger partial charge >= 0.3 is 0 Å². The molecule has 0 aromatic heterocycles. The van der Waals surface area contributed by atoms with Gasteiger partial charge in [0.1, 0.15) is 6.04 Å². The van der Waals surface area contributed by atoms with Gasteiger partial charge < -0.3 is 15.5 Å². The van der Waals surface area contributed by atoms with E-state index >= 15 is 0 Å². The number of carbonyl (C=O) groups excluding carboxylic acids is 2. The van der Waals surface area contributed by atoms with Gasteiger partial charge in [0.25, 0.3) is 0 Å². The van der Waals surface area contributed by atoms with Crippen molar-refractivity contribution >= 4 is 22.6 Å². The fraction of sp³-hybridized carbons (Fsp3) is 0.500. The largest absolute Gasteiger partial charge is 0.343 e. The second-order valence-corrected chi connectivity index (χ2v) is 11.2. The number of hydrogen-bond acceptors (Lipinski definition) is 4. The van der Waals surface area contributed by atoms with Crippen LogP contribution >= 0.6 is 0 Å². The quantitative estimate of drug-likeness (QED) is 0.576. The Bertz CT molecular complexity index is 1040. The zero-order chi connectivity index (χ0) is 24.8. The van der Waals surface area contributed by atoms with Crippen LogP contribution in [0.4, 0.5) is 0 Å². The summed E-state index contributed by atoms with van der Waals surface area (Å²) in [6.07, 6.45) is 7.11. The minimum Gasteiger partial charge on any atom is -0.343 e. The molecule has 1 aliphatic carbocycles. The van der Waals surface area contributed by atoms with Crippen LogP contribution in [0.5, 0.6) is 0 Å². The molecule has 1 saturated carbocycles. The van der Waals surface area contributed by atoms with E-state index in [1.54, 1.807) is 7.05 Å². The molecule has 0 spiro atoms. The lowest BCUT2D eigenvalue weighted by Crippen LogP contribution is -2.55. The molecule has 35 heavy (non-hydrogen) atoms. The third-order valence-corrected chi connectivity index (χ3v) is 8.84. The van der Waals surface area contributed by atoms with Crippen molar-refractivity contribution in [2.45, 2.75) is 79.8 Å². The Labute approximate surface area is 211 Å². The first kappa shape index (κ1) is 25.6. The molecule has 1 heterocycles. The zero-order valence-corrected chi connectivity index (χ0v) is 21.6. The van der Waals surface area contributed by atoms with Crippen LogP contribution in [0.3, 0.4) is 0 Å². The van der Waals surface area contributed by atoms with Crippen molar-refractivity contribution in [3.63, 3.8) is 0 Å². The van der Waals surface area contributed by atoms with Gasteiger partial charge in [-0.05, 0) is 75.4 Å². The summed E-state index contributed by atoms with van der Waals surface area (Å²) in [6.45, 7) is 2.49. The minimum absolute atomic E-state index is 0.0191. The summed E-state index contributed by atoms with van der Waals surface area (Å²) < 4.78 is 13.1. The van der Waals surface area contributed by atoms with Gasteiger partial charge in [0.05, 0.1) is 22.9 Å². The van der Waals surface area contributed by atoms with E-state index in [9.17, 15) is 13.8 Å². The predicted molar refractivity (Wildman–Crippen MR) is 138 cm³/mol. The molecule has 0 radical (unpaired) electrons. The molecule has 2 aromatic rings. The molecule has 2 aromatic carbocycles. The highest BCUT2D eigenvalue weighted by Crippen LogP contribution is 2.36. The topological polar surface area (TPSA) is 78.5 Å². The van der Waals surface area contributed by atoms with E-state index in [-0.39, 0.29) is 29.8 Å². The van der Waals surface area contributed by atoms with Crippen molar-refractivity contribution in [2.75, 3.05) is 13.6 Å². The van der Waals surface area contributed by atoms with Crippen molar-refractivity contribution in [3.05, 3.63) is 60.2 Å². The maximum Gasteiger partial charge on any atom is 0.245 e. The molecule has 2 amide bonds. The summed E-state index contributed by atoms with van der Waals surface area (Å²) in [7, 11) is 0.481. The van der Waals surface area contributed by atoms with Crippen molar-refractivity contribution < 1.29 is 13.8 Å². The molecule has 2 aliphatic rings. The van der Waals surface area contributed by atoms with Crippen LogP contribution in [0, 0.1) is 5.92 Å². The molecule has 2 fully saturated rings. The third-order valence-electron chi connectivity index (χ3n) is 7.46. The first-order valence-corrected chi connectivity index (χ1v) is 14.0. The standard InChI is InChI=1S/C28H37N3O3S/c1-20(29-2)27(32)30-26(21-11-5-3-6-12-21)28(33)31-18-10-17-25(31)22-13-9-16-24(19-22)35(34)23-14-7-4-8-15-23/h4,7-9,13-16,19-21,25-26,29H,3,5-6,10-12,17-18H2,1-2H3,(H,30,32)/t20-,25-,26-,35?/m0/s1. The van der Waals surface area contributed by atoms with Crippen LogP contribution in [-0.4, -0.2) is 46.6 Å². The molecule has 1 saturated heterocycles. The number of carbonyl (C=O) groups is 2. The van der Waals surface area contributed by atoms with Crippen LogP contribution in [0.25, 0.3) is 0 Å². The molecular weight excluding hydrogens is 458 g/mol. The lowest BCUT2D eigenvalue weighted by molar-refractivity contribution is -0.139. The van der Waals surface area contributed by atoms with Gasteiger partial charge in [0.15, 0.2) is 0 Å². The average molecular weight is 496 g/mol. The smallest absolute Gasteiger partial charge is 0.245 e. The predicted octanol–water partition coefficient (Wildman–Crippen LogP) is 4.19.